The summed E-state index contributed by atoms with van der Waals surface area (Å²) >= 11 is 3.59. The van der Waals surface area contributed by atoms with Gasteiger partial charge in [-0.2, -0.15) is 0 Å². The Hall–Kier alpha value is -0.780. The molecule has 0 amide bonds. The molecule has 0 aromatic heterocycles. The minimum absolute atomic E-state index is 0.254. The van der Waals surface area contributed by atoms with E-state index < -0.39 is 0 Å². The van der Waals surface area contributed by atoms with E-state index >= 15 is 0 Å². The highest BCUT2D eigenvalue weighted by Gasteiger charge is 2.39. The molecule has 104 valence electrons. The van der Waals surface area contributed by atoms with Gasteiger partial charge in [0.05, 0.1) is 5.69 Å². The summed E-state index contributed by atoms with van der Waals surface area (Å²) in [5, 5.41) is 13.7. The molecule has 4 nitrogen and oxygen atoms in total. The SMILES string of the molecule is Nc1ccc(Br)c([C@@H](C2CC2)N2CCNCC2)c1O. The molecule has 1 aromatic carbocycles. The van der Waals surface area contributed by atoms with Gasteiger partial charge in [0.15, 0.2) is 0 Å². The Bertz CT molecular complexity index is 470. The van der Waals surface area contributed by atoms with E-state index in [0.29, 0.717) is 17.6 Å². The summed E-state index contributed by atoms with van der Waals surface area (Å²) in [6.45, 7) is 4.09. The summed E-state index contributed by atoms with van der Waals surface area (Å²) in [4.78, 5) is 2.48. The number of nitrogens with one attached hydrogen (secondary N) is 1. The first-order chi connectivity index (χ1) is 9.18. The Morgan fingerprint density at radius 3 is 2.63 bits per heavy atom. The molecule has 1 aliphatic heterocycles. The van der Waals surface area contributed by atoms with Crippen molar-refractivity contribution in [3.05, 3.63) is 22.2 Å². The first kappa shape index (κ1) is 13.2. The predicted molar refractivity (Wildman–Crippen MR) is 80.1 cm³/mol. The molecule has 2 aliphatic rings. The van der Waals surface area contributed by atoms with E-state index in [9.17, 15) is 5.11 Å². The van der Waals surface area contributed by atoms with Gasteiger partial charge in [0, 0.05) is 42.3 Å². The van der Waals surface area contributed by atoms with Gasteiger partial charge >= 0.3 is 0 Å². The number of phenols is 1. The second-order valence-corrected chi connectivity index (χ2v) is 6.32. The van der Waals surface area contributed by atoms with Crippen molar-refractivity contribution in [1.82, 2.24) is 10.2 Å². The van der Waals surface area contributed by atoms with Crippen molar-refractivity contribution in [3.8, 4) is 5.75 Å². The Kier molecular flexibility index (Phi) is 3.69. The number of aromatic hydroxyl groups is 1. The van der Waals surface area contributed by atoms with E-state index in [1.54, 1.807) is 6.07 Å². The number of hydrogen-bond acceptors (Lipinski definition) is 4. The third-order valence-corrected chi connectivity index (χ3v) is 4.80. The zero-order valence-corrected chi connectivity index (χ0v) is 12.5. The number of anilines is 1. The summed E-state index contributed by atoms with van der Waals surface area (Å²) in [6.07, 6.45) is 2.49. The van der Waals surface area contributed by atoms with E-state index in [1.807, 2.05) is 6.07 Å². The fraction of sp³-hybridized carbons (Fsp3) is 0.571. The van der Waals surface area contributed by atoms with Gasteiger partial charge in [0.1, 0.15) is 5.75 Å². The predicted octanol–water partition coefficient (Wildman–Crippen LogP) is 2.09. The third kappa shape index (κ3) is 2.59. The van der Waals surface area contributed by atoms with E-state index in [-0.39, 0.29) is 5.75 Å². The molecule has 19 heavy (non-hydrogen) atoms. The summed E-state index contributed by atoms with van der Waals surface area (Å²) in [5.41, 5.74) is 7.32. The van der Waals surface area contributed by atoms with Gasteiger partial charge in [0.2, 0.25) is 0 Å². The first-order valence-corrected chi connectivity index (χ1v) is 7.69. The quantitative estimate of drug-likeness (QED) is 0.588. The van der Waals surface area contributed by atoms with Crippen LogP contribution in [0, 0.1) is 5.92 Å². The van der Waals surface area contributed by atoms with Gasteiger partial charge in [0.25, 0.3) is 0 Å². The van der Waals surface area contributed by atoms with Crippen LogP contribution in [0.25, 0.3) is 0 Å². The van der Waals surface area contributed by atoms with Crippen LogP contribution in [0.15, 0.2) is 16.6 Å². The molecule has 5 heteroatoms. The lowest BCUT2D eigenvalue weighted by Crippen LogP contribution is -2.45. The van der Waals surface area contributed by atoms with Crippen LogP contribution in [0.3, 0.4) is 0 Å². The van der Waals surface area contributed by atoms with Gasteiger partial charge in [-0.25, -0.2) is 0 Å². The van der Waals surface area contributed by atoms with Crippen LogP contribution in [0.4, 0.5) is 5.69 Å². The van der Waals surface area contributed by atoms with Gasteiger partial charge < -0.3 is 16.2 Å². The number of hydrogen-bond donors (Lipinski definition) is 3. The van der Waals surface area contributed by atoms with Crippen molar-refractivity contribution in [2.75, 3.05) is 31.9 Å². The number of halogens is 1. The number of phenolic OH excluding ortho intramolecular Hbond substituents is 1. The fourth-order valence-electron chi connectivity index (χ4n) is 2.97. The van der Waals surface area contributed by atoms with Crippen LogP contribution in [0.2, 0.25) is 0 Å². The maximum atomic E-state index is 10.4. The summed E-state index contributed by atoms with van der Waals surface area (Å²) in [6, 6.07) is 3.99. The van der Waals surface area contributed by atoms with Crippen molar-refractivity contribution in [2.24, 2.45) is 5.92 Å². The van der Waals surface area contributed by atoms with Crippen molar-refractivity contribution in [3.63, 3.8) is 0 Å². The number of benzene rings is 1. The molecule has 0 unspecified atom stereocenters. The molecular formula is C14H20BrN3O. The van der Waals surface area contributed by atoms with E-state index in [4.69, 9.17) is 5.73 Å². The van der Waals surface area contributed by atoms with Crippen LogP contribution in [0.5, 0.6) is 5.75 Å². The van der Waals surface area contributed by atoms with E-state index in [0.717, 1.165) is 36.2 Å². The summed E-state index contributed by atoms with van der Waals surface area (Å²) in [7, 11) is 0. The standard InChI is InChI=1S/C14H20BrN3O/c15-10-3-4-11(16)14(19)12(10)13(9-1-2-9)18-7-5-17-6-8-18/h3-4,9,13,17,19H,1-2,5-8,16H2/t13-/m1/s1. The van der Waals surface area contributed by atoms with Crippen LogP contribution >= 0.6 is 15.9 Å². The van der Waals surface area contributed by atoms with Crippen LogP contribution in [-0.2, 0) is 0 Å². The molecule has 1 aromatic rings. The highest BCUT2D eigenvalue weighted by molar-refractivity contribution is 9.10. The maximum absolute atomic E-state index is 10.4. The third-order valence-electron chi connectivity index (χ3n) is 4.10. The summed E-state index contributed by atoms with van der Waals surface area (Å²) < 4.78 is 0.967. The normalized spacial score (nSPS) is 22.4. The fourth-order valence-corrected chi connectivity index (χ4v) is 3.52. The first-order valence-electron chi connectivity index (χ1n) is 6.90. The van der Waals surface area contributed by atoms with Crippen LogP contribution in [-0.4, -0.2) is 36.2 Å². The van der Waals surface area contributed by atoms with Gasteiger partial charge in [-0.05, 0) is 30.9 Å². The second kappa shape index (κ2) is 5.31. The molecule has 2 fully saturated rings. The molecule has 1 heterocycles. The lowest BCUT2D eigenvalue weighted by molar-refractivity contribution is 0.153. The van der Waals surface area contributed by atoms with Crippen molar-refractivity contribution < 1.29 is 5.11 Å². The molecule has 1 aliphatic carbocycles. The lowest BCUT2D eigenvalue weighted by atomic mass is 9.98. The monoisotopic (exact) mass is 325 g/mol. The van der Waals surface area contributed by atoms with Crippen molar-refractivity contribution in [1.29, 1.82) is 0 Å². The highest BCUT2D eigenvalue weighted by Crippen LogP contribution is 2.50. The zero-order chi connectivity index (χ0) is 13.4. The molecule has 3 rings (SSSR count). The minimum atomic E-state index is 0.254. The van der Waals surface area contributed by atoms with Crippen LogP contribution < -0.4 is 11.1 Å². The molecular weight excluding hydrogens is 306 g/mol. The minimum Gasteiger partial charge on any atom is -0.505 e. The molecule has 4 N–H and O–H groups in total. The number of nitrogens with two attached hydrogens (primary N) is 1. The van der Waals surface area contributed by atoms with Crippen molar-refractivity contribution in [2.45, 2.75) is 18.9 Å². The molecule has 1 saturated carbocycles. The highest BCUT2D eigenvalue weighted by atomic mass is 79.9. The largest absolute Gasteiger partial charge is 0.505 e. The van der Waals surface area contributed by atoms with Crippen molar-refractivity contribution >= 4 is 21.6 Å². The average molecular weight is 326 g/mol. The number of nitrogens with zero attached hydrogens (tertiary/aromatic N) is 1. The van der Waals surface area contributed by atoms with E-state index in [2.05, 4.69) is 26.1 Å². The smallest absolute Gasteiger partial charge is 0.144 e. The second-order valence-electron chi connectivity index (χ2n) is 5.47. The van der Waals surface area contributed by atoms with Crippen LogP contribution in [0.1, 0.15) is 24.4 Å². The van der Waals surface area contributed by atoms with Gasteiger partial charge in [-0.1, -0.05) is 15.9 Å². The number of nitrogen functional groups attached to an aromatic ring is 1. The molecule has 0 radical (unpaired) electrons. The average Bonchev–Trinajstić information content (AvgIpc) is 3.24. The maximum Gasteiger partial charge on any atom is 0.144 e. The Balaban J connectivity index is 1.97. The molecule has 0 spiro atoms. The zero-order valence-electron chi connectivity index (χ0n) is 10.9. The van der Waals surface area contributed by atoms with Gasteiger partial charge in [-0.15, -0.1) is 0 Å². The Labute approximate surface area is 122 Å². The van der Waals surface area contributed by atoms with E-state index in [1.165, 1.54) is 12.8 Å². The molecule has 1 saturated heterocycles. The molecule has 1 atom stereocenters. The topological polar surface area (TPSA) is 61.5 Å². The number of rotatable bonds is 3. The van der Waals surface area contributed by atoms with Gasteiger partial charge in [-0.3, -0.25) is 4.90 Å². The molecule has 0 bridgehead atoms. The number of piperazine rings is 1. The Morgan fingerprint density at radius 1 is 1.32 bits per heavy atom. The summed E-state index contributed by atoms with van der Waals surface area (Å²) in [5.74, 6) is 0.909. The Morgan fingerprint density at radius 2 is 2.00 bits per heavy atom. The lowest BCUT2D eigenvalue weighted by Gasteiger charge is -2.36.